The second-order valence-electron chi connectivity index (χ2n) is 10.3. The molecular weight excluding hydrogens is 376 g/mol. The Morgan fingerprint density at radius 3 is 2.23 bits per heavy atom. The number of likely N-dealkylation sites (tertiary alicyclic amines) is 1. The zero-order chi connectivity index (χ0) is 20.9. The molecule has 5 fully saturated rings. The second kappa shape index (κ2) is 7.58. The van der Waals surface area contributed by atoms with E-state index in [9.17, 15) is 9.59 Å². The van der Waals surface area contributed by atoms with E-state index in [2.05, 4.69) is 42.6 Å². The molecule has 0 unspecified atom stereocenters. The zero-order valence-electron chi connectivity index (χ0n) is 18.2. The molecular formula is C25H34N2O3. The monoisotopic (exact) mass is 410 g/mol. The van der Waals surface area contributed by atoms with Crippen molar-refractivity contribution < 1.29 is 14.3 Å². The third kappa shape index (κ3) is 3.12. The van der Waals surface area contributed by atoms with E-state index >= 15 is 0 Å². The van der Waals surface area contributed by atoms with Crippen molar-refractivity contribution >= 4 is 12.0 Å². The zero-order valence-corrected chi connectivity index (χ0v) is 18.2. The van der Waals surface area contributed by atoms with Crippen LogP contribution >= 0.6 is 0 Å². The maximum Gasteiger partial charge on any atom is 0.406 e. The summed E-state index contributed by atoms with van der Waals surface area (Å²) in [5.41, 5.74) is 1.40. The van der Waals surface area contributed by atoms with Crippen LogP contribution in [0.5, 0.6) is 0 Å². The number of nitrogens with one attached hydrogen (secondary N) is 1. The highest BCUT2D eigenvalue weighted by atomic mass is 16.5. The summed E-state index contributed by atoms with van der Waals surface area (Å²) >= 11 is 0. The molecule has 0 radical (unpaired) electrons. The fraction of sp³-hybridized carbons (Fsp3) is 0.680. The van der Waals surface area contributed by atoms with E-state index in [0.29, 0.717) is 38.0 Å². The number of rotatable bonds is 5. The van der Waals surface area contributed by atoms with Crippen molar-refractivity contribution in [2.75, 3.05) is 26.7 Å². The van der Waals surface area contributed by atoms with Gasteiger partial charge in [-0.05, 0) is 60.8 Å². The third-order valence-corrected chi connectivity index (χ3v) is 9.01. The Morgan fingerprint density at radius 2 is 1.67 bits per heavy atom. The average Bonchev–Trinajstić information content (AvgIpc) is 2.71. The number of ether oxygens (including phenoxy) is 1. The van der Waals surface area contributed by atoms with Crippen LogP contribution in [0.25, 0.3) is 0 Å². The van der Waals surface area contributed by atoms with Crippen molar-refractivity contribution in [3.63, 3.8) is 0 Å². The Morgan fingerprint density at radius 1 is 1.07 bits per heavy atom. The van der Waals surface area contributed by atoms with E-state index in [1.165, 1.54) is 31.2 Å². The Bertz CT molecular complexity index is 772. The molecule has 5 nitrogen and oxygen atoms in total. The number of hydrogen-bond donors (Lipinski definition) is 1. The molecule has 0 atom stereocenters. The van der Waals surface area contributed by atoms with E-state index in [1.54, 1.807) is 7.05 Å². The molecule has 30 heavy (non-hydrogen) atoms. The lowest BCUT2D eigenvalue weighted by molar-refractivity contribution is -0.148. The van der Waals surface area contributed by atoms with Crippen molar-refractivity contribution in [3.8, 4) is 0 Å². The minimum atomic E-state index is -0.398. The molecule has 162 valence electrons. The molecule has 0 spiro atoms. The van der Waals surface area contributed by atoms with Crippen LogP contribution in [0.15, 0.2) is 30.3 Å². The first-order chi connectivity index (χ1) is 14.5. The molecule has 5 aliphatic rings. The number of benzene rings is 1. The fourth-order valence-corrected chi connectivity index (χ4v) is 7.38. The van der Waals surface area contributed by atoms with Crippen molar-refractivity contribution in [1.29, 1.82) is 0 Å². The number of amides is 2. The largest absolute Gasteiger partial charge is 0.449 e. The van der Waals surface area contributed by atoms with E-state index < -0.39 is 6.09 Å². The topological polar surface area (TPSA) is 58.6 Å². The summed E-state index contributed by atoms with van der Waals surface area (Å²) in [6.45, 7) is 4.26. The van der Waals surface area contributed by atoms with Gasteiger partial charge in [-0.3, -0.25) is 4.79 Å². The van der Waals surface area contributed by atoms with Crippen LogP contribution in [0, 0.1) is 35.5 Å². The van der Waals surface area contributed by atoms with Crippen LogP contribution in [0.4, 0.5) is 4.79 Å². The van der Waals surface area contributed by atoms with Crippen LogP contribution in [0.3, 0.4) is 0 Å². The first kappa shape index (κ1) is 19.9. The van der Waals surface area contributed by atoms with Gasteiger partial charge in [-0.1, -0.05) is 37.3 Å². The number of nitrogens with zero attached hydrogens (tertiary/aromatic N) is 1. The number of hydrogen-bond acceptors (Lipinski definition) is 3. The molecule has 4 bridgehead atoms. The lowest BCUT2D eigenvalue weighted by Crippen LogP contribution is -2.60. The summed E-state index contributed by atoms with van der Waals surface area (Å²) in [5, 5.41) is 2.47. The lowest BCUT2D eigenvalue weighted by Gasteiger charge is -2.64. The number of alkyl carbamates (subject to hydrolysis) is 1. The molecule has 1 heterocycles. The molecule has 1 aliphatic heterocycles. The van der Waals surface area contributed by atoms with E-state index in [1.807, 2.05) is 4.90 Å². The molecule has 6 rings (SSSR count). The molecule has 0 aromatic heterocycles. The average molecular weight is 411 g/mol. The highest BCUT2D eigenvalue weighted by Gasteiger charge is 2.60. The first-order valence-electron chi connectivity index (χ1n) is 11.7. The molecule has 1 N–H and O–H groups in total. The van der Waals surface area contributed by atoms with Crippen molar-refractivity contribution in [2.45, 2.75) is 44.4 Å². The summed E-state index contributed by atoms with van der Waals surface area (Å²) in [4.78, 5) is 26.7. The van der Waals surface area contributed by atoms with Gasteiger partial charge in [0.1, 0.15) is 0 Å². The van der Waals surface area contributed by atoms with Gasteiger partial charge in [0.25, 0.3) is 0 Å². The Kier molecular flexibility index (Phi) is 5.03. The highest BCUT2D eigenvalue weighted by Crippen LogP contribution is 2.65. The van der Waals surface area contributed by atoms with Gasteiger partial charge in [0.05, 0.1) is 6.61 Å². The molecule has 1 aromatic carbocycles. The van der Waals surface area contributed by atoms with Gasteiger partial charge < -0.3 is 15.0 Å². The summed E-state index contributed by atoms with van der Waals surface area (Å²) in [7, 11) is 1.56. The lowest BCUT2D eigenvalue weighted by atomic mass is 9.41. The SMILES string of the molecule is CNC(=O)OCC1CN(C(=O)CC2(c3ccccc3)C3CC4CC2CC(C3)C4C)C1. The van der Waals surface area contributed by atoms with Crippen LogP contribution in [-0.4, -0.2) is 43.6 Å². The molecule has 4 aliphatic carbocycles. The van der Waals surface area contributed by atoms with Gasteiger partial charge in [-0.15, -0.1) is 0 Å². The minimum Gasteiger partial charge on any atom is -0.449 e. The minimum absolute atomic E-state index is 0.00909. The number of carbonyl (C=O) groups is 2. The summed E-state index contributed by atoms with van der Waals surface area (Å²) in [6.07, 6.45) is 5.41. The molecule has 1 aromatic rings. The normalized spacial score (nSPS) is 37.0. The summed E-state index contributed by atoms with van der Waals surface area (Å²) < 4.78 is 5.16. The predicted octanol–water partition coefficient (Wildman–Crippen LogP) is 3.83. The van der Waals surface area contributed by atoms with Gasteiger partial charge in [0, 0.05) is 37.9 Å². The van der Waals surface area contributed by atoms with Crippen LogP contribution in [0.1, 0.15) is 44.6 Å². The highest BCUT2D eigenvalue weighted by molar-refractivity contribution is 5.79. The predicted molar refractivity (Wildman–Crippen MR) is 115 cm³/mol. The molecule has 5 heteroatoms. The van der Waals surface area contributed by atoms with E-state index in [4.69, 9.17) is 4.74 Å². The van der Waals surface area contributed by atoms with Gasteiger partial charge in [0.15, 0.2) is 0 Å². The van der Waals surface area contributed by atoms with Crippen molar-refractivity contribution in [2.24, 2.45) is 35.5 Å². The van der Waals surface area contributed by atoms with Crippen LogP contribution in [-0.2, 0) is 14.9 Å². The van der Waals surface area contributed by atoms with E-state index in [-0.39, 0.29) is 17.2 Å². The van der Waals surface area contributed by atoms with E-state index in [0.717, 1.165) is 17.8 Å². The Labute approximate surface area is 179 Å². The number of carbonyl (C=O) groups excluding carboxylic acids is 2. The maximum absolute atomic E-state index is 13.4. The van der Waals surface area contributed by atoms with Crippen LogP contribution in [0.2, 0.25) is 0 Å². The molecule has 4 saturated carbocycles. The quantitative estimate of drug-likeness (QED) is 0.803. The maximum atomic E-state index is 13.4. The Hall–Kier alpha value is -2.04. The van der Waals surface area contributed by atoms with Gasteiger partial charge in [-0.2, -0.15) is 0 Å². The second-order valence-corrected chi connectivity index (χ2v) is 10.3. The Balaban J connectivity index is 1.32. The van der Waals surface area contributed by atoms with Gasteiger partial charge in [0.2, 0.25) is 5.91 Å². The first-order valence-corrected chi connectivity index (χ1v) is 11.7. The van der Waals surface area contributed by atoms with Crippen molar-refractivity contribution in [3.05, 3.63) is 35.9 Å². The van der Waals surface area contributed by atoms with Crippen molar-refractivity contribution in [1.82, 2.24) is 10.2 Å². The molecule has 2 amide bonds. The van der Waals surface area contributed by atoms with Crippen LogP contribution < -0.4 is 5.32 Å². The summed E-state index contributed by atoms with van der Waals surface area (Å²) in [5.74, 6) is 4.39. The van der Waals surface area contributed by atoms with Gasteiger partial charge >= 0.3 is 6.09 Å². The van der Waals surface area contributed by atoms with Gasteiger partial charge in [-0.25, -0.2) is 4.79 Å². The standard InChI is InChI=1S/C25H34N2O3/c1-16-18-8-21-10-19(16)11-22(9-18)25(21,20-6-4-3-5-7-20)12-23(28)27-13-17(14-27)15-30-24(29)26-2/h3-7,16-19,21-22H,8-15H2,1-2H3,(H,26,29). The summed E-state index contributed by atoms with van der Waals surface area (Å²) in [6, 6.07) is 10.9. The molecule has 1 saturated heterocycles. The fourth-order valence-electron chi connectivity index (χ4n) is 7.38. The smallest absolute Gasteiger partial charge is 0.406 e. The third-order valence-electron chi connectivity index (χ3n) is 9.01.